The number of unbranched alkanes of at least 4 members (excludes halogenated alkanes) is 3. The average Bonchev–Trinajstić information content (AvgIpc) is 3.11. The lowest BCUT2D eigenvalue weighted by Crippen LogP contribution is -2.31. The standard InChI is InChI=1S/C20H25ClFN5O2/c1-2-29-17(28)7-5-3-4-6-8-23-20-16(22)12-26-19(27-20)15-11-25-18-14(15)9-13(21)10-24-18/h9,11-13H,2-8,10H2,1H3,(H,24,25)(H,23,26,27). The highest BCUT2D eigenvalue weighted by Crippen LogP contribution is 2.16. The van der Waals surface area contributed by atoms with Gasteiger partial charge in [0.2, 0.25) is 0 Å². The minimum atomic E-state index is -0.496. The molecule has 156 valence electrons. The van der Waals surface area contributed by atoms with E-state index in [1.807, 2.05) is 6.08 Å². The van der Waals surface area contributed by atoms with Crippen LogP contribution in [0, 0.1) is 5.82 Å². The van der Waals surface area contributed by atoms with Gasteiger partial charge >= 0.3 is 5.97 Å². The number of aromatic nitrogens is 3. The summed E-state index contributed by atoms with van der Waals surface area (Å²) in [4.78, 5) is 27.2. The molecule has 9 heteroatoms. The second-order valence-corrected chi connectivity index (χ2v) is 7.33. The zero-order chi connectivity index (χ0) is 20.6. The first kappa shape index (κ1) is 21.2. The van der Waals surface area contributed by atoms with Crippen LogP contribution in [0.5, 0.6) is 0 Å². The number of carbonyl (C=O) groups is 1. The number of nitrogens with zero attached hydrogens (tertiary/aromatic N) is 3. The number of anilines is 1. The molecule has 1 unspecified atom stereocenters. The van der Waals surface area contributed by atoms with E-state index < -0.39 is 5.82 Å². The summed E-state index contributed by atoms with van der Waals surface area (Å²) in [5.74, 6) is -0.0623. The number of halogens is 2. The fraction of sp³-hybridized carbons (Fsp3) is 0.500. The van der Waals surface area contributed by atoms with Crippen LogP contribution in [-0.2, 0) is 9.53 Å². The van der Waals surface area contributed by atoms with Crippen molar-refractivity contribution in [2.45, 2.75) is 44.4 Å². The second-order valence-electron chi connectivity index (χ2n) is 6.77. The van der Waals surface area contributed by atoms with Crippen molar-refractivity contribution in [3.63, 3.8) is 0 Å². The maximum absolute atomic E-state index is 14.1. The summed E-state index contributed by atoms with van der Waals surface area (Å²) in [7, 11) is 0. The number of ether oxygens (including phenoxy) is 1. The van der Waals surface area contributed by atoms with Crippen molar-refractivity contribution in [1.82, 2.24) is 15.0 Å². The number of hydrogen-bond acceptors (Lipinski definition) is 6. The van der Waals surface area contributed by atoms with Gasteiger partial charge in [0.05, 0.1) is 24.7 Å². The third-order valence-electron chi connectivity index (χ3n) is 4.56. The molecule has 2 N–H and O–H groups in total. The lowest BCUT2D eigenvalue weighted by molar-refractivity contribution is -0.143. The number of rotatable bonds is 10. The van der Waals surface area contributed by atoms with Crippen molar-refractivity contribution < 1.29 is 13.9 Å². The van der Waals surface area contributed by atoms with Crippen molar-refractivity contribution in [2.75, 3.05) is 25.0 Å². The van der Waals surface area contributed by atoms with E-state index in [2.05, 4.69) is 25.3 Å². The van der Waals surface area contributed by atoms with Crippen LogP contribution in [0.25, 0.3) is 17.5 Å². The van der Waals surface area contributed by atoms with Crippen molar-refractivity contribution in [3.8, 4) is 11.4 Å². The SMILES string of the molecule is CCOC(=O)CCCCCCNc1nc(-c2c[nH]c3c2=CC(Cl)CN=3)ncc1F. The minimum Gasteiger partial charge on any atom is -0.466 e. The number of aromatic amines is 1. The highest BCUT2D eigenvalue weighted by molar-refractivity contribution is 6.24. The number of nitrogens with one attached hydrogen (secondary N) is 2. The third kappa shape index (κ3) is 5.76. The number of alkyl halides is 1. The van der Waals surface area contributed by atoms with Crippen molar-refractivity contribution >= 4 is 29.5 Å². The first-order chi connectivity index (χ1) is 14.1. The highest BCUT2D eigenvalue weighted by atomic mass is 35.5. The maximum Gasteiger partial charge on any atom is 0.305 e. The van der Waals surface area contributed by atoms with Crippen LogP contribution in [0.2, 0.25) is 0 Å². The number of esters is 1. The van der Waals surface area contributed by atoms with Gasteiger partial charge < -0.3 is 15.0 Å². The van der Waals surface area contributed by atoms with Gasteiger partial charge in [-0.3, -0.25) is 9.79 Å². The quantitative estimate of drug-likeness (QED) is 0.349. The van der Waals surface area contributed by atoms with E-state index in [1.54, 1.807) is 13.1 Å². The zero-order valence-corrected chi connectivity index (χ0v) is 17.1. The van der Waals surface area contributed by atoms with E-state index in [-0.39, 0.29) is 17.2 Å². The van der Waals surface area contributed by atoms with E-state index >= 15 is 0 Å². The van der Waals surface area contributed by atoms with E-state index in [4.69, 9.17) is 16.3 Å². The van der Waals surface area contributed by atoms with E-state index in [0.29, 0.717) is 31.9 Å². The fourth-order valence-corrected chi connectivity index (χ4v) is 3.32. The molecule has 1 atom stereocenters. The largest absolute Gasteiger partial charge is 0.466 e. The predicted molar refractivity (Wildman–Crippen MR) is 110 cm³/mol. The van der Waals surface area contributed by atoms with Crippen LogP contribution < -0.4 is 16.0 Å². The molecule has 0 spiro atoms. The molecule has 0 amide bonds. The molecule has 2 aromatic rings. The molecular formula is C20H25ClFN5O2. The molecule has 0 aliphatic carbocycles. The second kappa shape index (κ2) is 10.3. The number of H-pyrrole nitrogens is 1. The predicted octanol–water partition coefficient (Wildman–Crippen LogP) is 2.56. The first-order valence-electron chi connectivity index (χ1n) is 9.88. The number of carbonyl (C=O) groups excluding carboxylic acids is 1. The molecule has 0 saturated carbocycles. The normalized spacial score (nSPS) is 15.2. The minimum absolute atomic E-state index is 0.154. The van der Waals surface area contributed by atoms with Gasteiger partial charge in [-0.05, 0) is 19.8 Å². The Labute approximate surface area is 173 Å². The van der Waals surface area contributed by atoms with Crippen molar-refractivity contribution in [3.05, 3.63) is 28.9 Å². The lowest BCUT2D eigenvalue weighted by Gasteiger charge is -2.08. The highest BCUT2D eigenvalue weighted by Gasteiger charge is 2.14. The van der Waals surface area contributed by atoms with Gasteiger partial charge in [-0.15, -0.1) is 11.6 Å². The summed E-state index contributed by atoms with van der Waals surface area (Å²) in [6, 6.07) is 0. The summed E-state index contributed by atoms with van der Waals surface area (Å²) >= 11 is 6.17. The monoisotopic (exact) mass is 421 g/mol. The Balaban J connectivity index is 1.54. The zero-order valence-electron chi connectivity index (χ0n) is 16.4. The van der Waals surface area contributed by atoms with E-state index in [9.17, 15) is 9.18 Å². The van der Waals surface area contributed by atoms with Crippen LogP contribution >= 0.6 is 11.6 Å². The van der Waals surface area contributed by atoms with Gasteiger partial charge in [-0.25, -0.2) is 14.4 Å². The van der Waals surface area contributed by atoms with Crippen molar-refractivity contribution in [1.29, 1.82) is 0 Å². The van der Waals surface area contributed by atoms with Crippen molar-refractivity contribution in [2.24, 2.45) is 4.99 Å². The molecule has 0 saturated heterocycles. The molecule has 0 fully saturated rings. The molecule has 2 aromatic heterocycles. The van der Waals surface area contributed by atoms with Gasteiger partial charge in [0.15, 0.2) is 17.5 Å². The lowest BCUT2D eigenvalue weighted by atomic mass is 10.1. The third-order valence-corrected chi connectivity index (χ3v) is 4.82. The molecule has 0 aromatic carbocycles. The van der Waals surface area contributed by atoms with Crippen LogP contribution in [0.1, 0.15) is 39.0 Å². The van der Waals surface area contributed by atoms with E-state index in [0.717, 1.165) is 42.0 Å². The first-order valence-corrected chi connectivity index (χ1v) is 10.3. The Kier molecular flexibility index (Phi) is 7.57. The summed E-state index contributed by atoms with van der Waals surface area (Å²) in [5.41, 5.74) is 1.48. The Morgan fingerprint density at radius 1 is 1.38 bits per heavy atom. The van der Waals surface area contributed by atoms with E-state index in [1.165, 1.54) is 6.20 Å². The Hall–Kier alpha value is -2.48. The number of hydrogen-bond donors (Lipinski definition) is 2. The van der Waals surface area contributed by atoms with Gasteiger partial charge in [-0.2, -0.15) is 0 Å². The number of fused-ring (bicyclic) bond motifs is 1. The molecule has 3 rings (SSSR count). The molecule has 1 aliphatic rings. The molecule has 7 nitrogen and oxygen atoms in total. The fourth-order valence-electron chi connectivity index (χ4n) is 3.13. The average molecular weight is 422 g/mol. The van der Waals surface area contributed by atoms with Crippen LogP contribution in [0.15, 0.2) is 17.4 Å². The Bertz CT molecular complexity index is 962. The molecule has 3 heterocycles. The summed E-state index contributed by atoms with van der Waals surface area (Å²) < 4.78 is 19.0. The molecular weight excluding hydrogens is 397 g/mol. The Morgan fingerprint density at radius 2 is 2.21 bits per heavy atom. The molecule has 0 radical (unpaired) electrons. The molecule has 29 heavy (non-hydrogen) atoms. The summed E-state index contributed by atoms with van der Waals surface area (Å²) in [5, 5.41) is 3.70. The van der Waals surface area contributed by atoms with Crippen LogP contribution in [-0.4, -0.2) is 46.0 Å². The van der Waals surface area contributed by atoms with Gasteiger partial charge in [0.25, 0.3) is 0 Å². The van der Waals surface area contributed by atoms with Crippen LogP contribution in [0.3, 0.4) is 0 Å². The summed E-state index contributed by atoms with van der Waals surface area (Å²) in [6.45, 7) is 3.32. The maximum atomic E-state index is 14.1. The van der Waals surface area contributed by atoms with Gasteiger partial charge in [0.1, 0.15) is 5.49 Å². The van der Waals surface area contributed by atoms with Crippen LogP contribution in [0.4, 0.5) is 10.2 Å². The smallest absolute Gasteiger partial charge is 0.305 e. The topological polar surface area (TPSA) is 92.3 Å². The molecule has 0 bridgehead atoms. The van der Waals surface area contributed by atoms with Gasteiger partial charge in [-0.1, -0.05) is 18.9 Å². The Morgan fingerprint density at radius 3 is 3.03 bits per heavy atom. The molecule has 1 aliphatic heterocycles. The summed E-state index contributed by atoms with van der Waals surface area (Å²) in [6.07, 6.45) is 8.79. The van der Waals surface area contributed by atoms with Gasteiger partial charge in [0, 0.05) is 29.9 Å².